The predicted molar refractivity (Wildman–Crippen MR) is 137 cm³/mol. The van der Waals surface area contributed by atoms with Crippen molar-refractivity contribution >= 4 is 23.8 Å². The lowest BCUT2D eigenvalue weighted by molar-refractivity contribution is -0.137. The first-order valence-electron chi connectivity index (χ1n) is 11.4. The van der Waals surface area contributed by atoms with Crippen LogP contribution in [0.3, 0.4) is 0 Å². The Hall–Kier alpha value is -4.92. The Balaban J connectivity index is 1.50. The molecule has 6 nitrogen and oxygen atoms in total. The molecule has 0 heterocycles. The first-order chi connectivity index (χ1) is 18.2. The molecule has 0 bridgehead atoms. The van der Waals surface area contributed by atoms with Crippen molar-refractivity contribution in [3.05, 3.63) is 120 Å². The van der Waals surface area contributed by atoms with E-state index in [9.17, 15) is 27.9 Å². The molecular weight excluding hydrogens is 497 g/mol. The number of phenolic OH excluding ortho intramolecular Hbond substituents is 1. The number of benzene rings is 4. The van der Waals surface area contributed by atoms with E-state index in [1.165, 1.54) is 24.4 Å². The minimum atomic E-state index is -4.62. The second-order valence-electron chi connectivity index (χ2n) is 8.11. The number of ether oxygens (including phenoxy) is 1. The molecule has 9 heteroatoms. The topological polar surface area (TPSA) is 79.2 Å². The summed E-state index contributed by atoms with van der Waals surface area (Å²) in [6.07, 6.45) is -3.30. The number of hydrogen-bond donors (Lipinski definition) is 1. The summed E-state index contributed by atoms with van der Waals surface area (Å²) in [5.74, 6) is -1.50. The molecule has 0 atom stereocenters. The number of alkyl halides is 3. The zero-order chi connectivity index (χ0) is 27.1. The van der Waals surface area contributed by atoms with Crippen LogP contribution in [0.5, 0.6) is 5.75 Å². The summed E-state index contributed by atoms with van der Waals surface area (Å²) in [6, 6.07) is 25.8. The molecule has 1 amide bonds. The molecule has 38 heavy (non-hydrogen) atoms. The number of hydrazone groups is 1. The van der Waals surface area contributed by atoms with Gasteiger partial charge >= 0.3 is 12.1 Å². The molecule has 0 radical (unpaired) electrons. The van der Waals surface area contributed by atoms with Gasteiger partial charge in [-0.3, -0.25) is 4.79 Å². The van der Waals surface area contributed by atoms with Gasteiger partial charge < -0.3 is 9.84 Å². The second kappa shape index (κ2) is 11.4. The van der Waals surface area contributed by atoms with Crippen molar-refractivity contribution in [1.82, 2.24) is 0 Å². The number of halogens is 3. The summed E-state index contributed by atoms with van der Waals surface area (Å²) < 4.78 is 44.9. The van der Waals surface area contributed by atoms with E-state index in [0.29, 0.717) is 5.56 Å². The number of rotatable bonds is 7. The van der Waals surface area contributed by atoms with E-state index in [1.54, 1.807) is 66.7 Å². The number of amides is 1. The van der Waals surface area contributed by atoms with Crippen LogP contribution in [0.25, 0.3) is 11.1 Å². The Morgan fingerprint density at radius 2 is 1.47 bits per heavy atom. The lowest BCUT2D eigenvalue weighted by atomic mass is 10.0. The lowest BCUT2D eigenvalue weighted by Gasteiger charge is -2.18. The third-order valence-corrected chi connectivity index (χ3v) is 5.42. The maximum atomic E-state index is 13.3. The average Bonchev–Trinajstić information content (AvgIpc) is 2.92. The molecule has 0 saturated carbocycles. The van der Waals surface area contributed by atoms with E-state index in [2.05, 4.69) is 5.10 Å². The number of esters is 1. The molecule has 4 aromatic carbocycles. The van der Waals surface area contributed by atoms with Crippen molar-refractivity contribution in [2.24, 2.45) is 5.10 Å². The largest absolute Gasteiger partial charge is 0.508 e. The quantitative estimate of drug-likeness (QED) is 0.177. The van der Waals surface area contributed by atoms with Crippen LogP contribution >= 0.6 is 0 Å². The van der Waals surface area contributed by atoms with E-state index in [-0.39, 0.29) is 17.0 Å². The summed E-state index contributed by atoms with van der Waals surface area (Å²) in [5.41, 5.74) is 1.33. The molecule has 0 aliphatic rings. The summed E-state index contributed by atoms with van der Waals surface area (Å²) in [4.78, 5) is 25.5. The van der Waals surface area contributed by atoms with Crippen LogP contribution in [-0.2, 0) is 15.7 Å². The number of carbonyl (C=O) groups is 2. The maximum Gasteiger partial charge on any atom is 0.416 e. The van der Waals surface area contributed by atoms with E-state index >= 15 is 0 Å². The highest BCUT2D eigenvalue weighted by molar-refractivity contribution is 5.98. The summed E-state index contributed by atoms with van der Waals surface area (Å²) >= 11 is 0. The Labute approximate surface area is 216 Å². The summed E-state index contributed by atoms with van der Waals surface area (Å²) in [7, 11) is 0. The van der Waals surface area contributed by atoms with E-state index in [0.717, 1.165) is 34.3 Å². The van der Waals surface area contributed by atoms with Crippen molar-refractivity contribution in [1.29, 1.82) is 0 Å². The van der Waals surface area contributed by atoms with Gasteiger partial charge in [0.15, 0.2) is 6.61 Å². The van der Waals surface area contributed by atoms with Crippen LogP contribution in [0.4, 0.5) is 18.9 Å². The fourth-order valence-electron chi connectivity index (χ4n) is 3.48. The van der Waals surface area contributed by atoms with Gasteiger partial charge in [-0.1, -0.05) is 60.7 Å². The first-order valence-corrected chi connectivity index (χ1v) is 11.4. The Bertz CT molecular complexity index is 1440. The monoisotopic (exact) mass is 518 g/mol. The smallest absolute Gasteiger partial charge is 0.416 e. The molecule has 4 rings (SSSR count). The number of anilines is 1. The SMILES string of the molecule is O=C(OCC(=O)N(/N=C/c1ccccc1)c1cccc(C(F)(F)F)c1)c1ccc(-c2ccc(O)cc2)cc1. The molecule has 0 aromatic heterocycles. The van der Waals surface area contributed by atoms with Crippen LogP contribution in [0, 0.1) is 0 Å². The maximum absolute atomic E-state index is 13.3. The van der Waals surface area contributed by atoms with E-state index < -0.39 is 30.2 Å². The van der Waals surface area contributed by atoms with Crippen molar-refractivity contribution < 1.29 is 32.6 Å². The van der Waals surface area contributed by atoms with Gasteiger partial charge in [-0.15, -0.1) is 0 Å². The average molecular weight is 518 g/mol. The van der Waals surface area contributed by atoms with Crippen LogP contribution in [0.2, 0.25) is 0 Å². The van der Waals surface area contributed by atoms with Crippen molar-refractivity contribution in [2.75, 3.05) is 11.6 Å². The number of phenols is 1. The zero-order valence-corrected chi connectivity index (χ0v) is 19.8. The minimum absolute atomic E-state index is 0.130. The summed E-state index contributed by atoms with van der Waals surface area (Å²) in [6.45, 7) is -0.749. The van der Waals surface area contributed by atoms with Gasteiger partial charge in [-0.25, -0.2) is 4.79 Å². The van der Waals surface area contributed by atoms with Crippen LogP contribution in [-0.4, -0.2) is 29.8 Å². The van der Waals surface area contributed by atoms with Gasteiger partial charge in [0.1, 0.15) is 5.75 Å². The third-order valence-electron chi connectivity index (χ3n) is 5.42. The molecule has 1 N–H and O–H groups in total. The molecule has 0 fully saturated rings. The van der Waals surface area contributed by atoms with Crippen molar-refractivity contribution in [3.63, 3.8) is 0 Å². The van der Waals surface area contributed by atoms with Crippen LogP contribution in [0.1, 0.15) is 21.5 Å². The number of hydrogen-bond acceptors (Lipinski definition) is 5. The molecule has 0 spiro atoms. The van der Waals surface area contributed by atoms with Gasteiger partial charge in [-0.05, 0) is 59.2 Å². The van der Waals surface area contributed by atoms with Gasteiger partial charge in [0.05, 0.1) is 23.0 Å². The van der Waals surface area contributed by atoms with Crippen LogP contribution in [0.15, 0.2) is 108 Å². The predicted octanol–water partition coefficient (Wildman–Crippen LogP) is 6.30. The second-order valence-corrected chi connectivity index (χ2v) is 8.11. The highest BCUT2D eigenvalue weighted by Crippen LogP contribution is 2.32. The van der Waals surface area contributed by atoms with Crippen molar-refractivity contribution in [3.8, 4) is 16.9 Å². The Morgan fingerprint density at radius 3 is 2.11 bits per heavy atom. The van der Waals surface area contributed by atoms with Crippen LogP contribution < -0.4 is 5.01 Å². The molecule has 0 unspecified atom stereocenters. The highest BCUT2D eigenvalue weighted by Gasteiger charge is 2.31. The molecule has 0 aliphatic carbocycles. The minimum Gasteiger partial charge on any atom is -0.508 e. The van der Waals surface area contributed by atoms with Crippen molar-refractivity contribution in [2.45, 2.75) is 6.18 Å². The normalized spacial score (nSPS) is 11.3. The van der Waals surface area contributed by atoms with Gasteiger partial charge in [0.2, 0.25) is 0 Å². The Kier molecular flexibility index (Phi) is 7.86. The number of nitrogens with zero attached hydrogens (tertiary/aromatic N) is 2. The fourth-order valence-corrected chi connectivity index (χ4v) is 3.48. The number of aromatic hydroxyl groups is 1. The summed E-state index contributed by atoms with van der Waals surface area (Å²) in [5, 5.41) is 14.3. The molecular formula is C29H21F3N2O4. The first kappa shape index (κ1) is 26.2. The molecule has 192 valence electrons. The Morgan fingerprint density at radius 1 is 0.842 bits per heavy atom. The standard InChI is InChI=1S/C29H21F3N2O4/c30-29(31,32)24-7-4-8-25(17-24)34(33-18-20-5-2-1-3-6-20)27(36)19-38-28(37)23-11-9-21(10-12-23)22-13-15-26(35)16-14-22/h1-18,35H,19H2/b33-18+. The third kappa shape index (κ3) is 6.64. The lowest BCUT2D eigenvalue weighted by Crippen LogP contribution is -2.31. The highest BCUT2D eigenvalue weighted by atomic mass is 19.4. The van der Waals surface area contributed by atoms with Gasteiger partial charge in [0, 0.05) is 0 Å². The fraction of sp³-hybridized carbons (Fsp3) is 0.0690. The molecule has 4 aromatic rings. The van der Waals surface area contributed by atoms with E-state index in [4.69, 9.17) is 4.74 Å². The molecule has 0 aliphatic heterocycles. The zero-order valence-electron chi connectivity index (χ0n) is 19.8. The van der Waals surface area contributed by atoms with Gasteiger partial charge in [0.25, 0.3) is 5.91 Å². The number of carbonyl (C=O) groups excluding carboxylic acids is 2. The van der Waals surface area contributed by atoms with E-state index in [1.807, 2.05) is 0 Å². The van der Waals surface area contributed by atoms with Gasteiger partial charge in [-0.2, -0.15) is 23.3 Å². The molecule has 0 saturated heterocycles.